The molecule has 0 atom stereocenters. The molecule has 2 aliphatic heterocycles. The van der Waals surface area contributed by atoms with E-state index in [4.69, 9.17) is 4.74 Å². The summed E-state index contributed by atoms with van der Waals surface area (Å²) in [5, 5.41) is 7.30. The van der Waals surface area contributed by atoms with Gasteiger partial charge in [-0.3, -0.25) is 0 Å². The van der Waals surface area contributed by atoms with Crippen LogP contribution in [0, 0.1) is 0 Å². The third-order valence-corrected chi connectivity index (χ3v) is 6.16. The number of benzene rings is 4. The molecule has 0 unspecified atom stereocenters. The number of anilines is 4. The molecule has 140 valence electrons. The highest BCUT2D eigenvalue weighted by atomic mass is 16.5. The molecule has 0 fully saturated rings. The van der Waals surface area contributed by atoms with E-state index in [1.54, 1.807) is 7.11 Å². The number of hydrogen-bond donors (Lipinski definition) is 2. The average Bonchev–Trinajstić information content (AvgIpc) is 2.78. The first kappa shape index (κ1) is 16.3. The molecule has 2 aliphatic rings. The second-order valence-electron chi connectivity index (χ2n) is 7.55. The summed E-state index contributed by atoms with van der Waals surface area (Å²) in [4.78, 5) is 0. The Hall–Kier alpha value is -3.72. The van der Waals surface area contributed by atoms with Gasteiger partial charge in [-0.1, -0.05) is 60.7 Å². The summed E-state index contributed by atoms with van der Waals surface area (Å²) in [6.45, 7) is 0. The van der Waals surface area contributed by atoms with Crippen LogP contribution in [0.25, 0.3) is 0 Å². The van der Waals surface area contributed by atoms with Crippen LogP contribution < -0.4 is 15.4 Å². The largest absolute Gasteiger partial charge is 0.497 e. The second-order valence-corrected chi connectivity index (χ2v) is 7.55. The first-order valence-corrected chi connectivity index (χ1v) is 9.83. The Morgan fingerprint density at radius 2 is 1.00 bits per heavy atom. The molecule has 0 amide bonds. The molecule has 2 N–H and O–H groups in total. The van der Waals surface area contributed by atoms with Crippen molar-refractivity contribution < 1.29 is 4.74 Å². The summed E-state index contributed by atoms with van der Waals surface area (Å²) in [6.07, 6.45) is 0. The molecule has 0 aliphatic carbocycles. The Labute approximate surface area is 170 Å². The number of fused-ring (bicyclic) bond motifs is 8. The second kappa shape index (κ2) is 5.89. The molecule has 3 nitrogen and oxygen atoms in total. The molecule has 4 aromatic rings. The quantitative estimate of drug-likeness (QED) is 0.359. The molecular weight excluding hydrogens is 356 g/mol. The van der Waals surface area contributed by atoms with Gasteiger partial charge in [0.05, 0.1) is 12.5 Å². The number of ether oxygens (including phenoxy) is 1. The van der Waals surface area contributed by atoms with Crippen molar-refractivity contribution in [3.63, 3.8) is 0 Å². The van der Waals surface area contributed by atoms with Gasteiger partial charge in [-0.2, -0.15) is 0 Å². The van der Waals surface area contributed by atoms with Gasteiger partial charge in [-0.25, -0.2) is 0 Å². The zero-order valence-electron chi connectivity index (χ0n) is 16.1. The van der Waals surface area contributed by atoms with Crippen molar-refractivity contribution in [2.24, 2.45) is 0 Å². The predicted octanol–water partition coefficient (Wildman–Crippen LogP) is 6.19. The van der Waals surface area contributed by atoms with Gasteiger partial charge in [0.2, 0.25) is 0 Å². The summed E-state index contributed by atoms with van der Waals surface area (Å²) in [7, 11) is 1.71. The molecule has 2 heterocycles. The van der Waals surface area contributed by atoms with E-state index in [2.05, 4.69) is 102 Å². The van der Waals surface area contributed by atoms with Crippen molar-refractivity contribution in [2.75, 3.05) is 17.7 Å². The van der Waals surface area contributed by atoms with Crippen LogP contribution in [-0.2, 0) is 5.41 Å². The molecule has 0 saturated carbocycles. The van der Waals surface area contributed by atoms with Gasteiger partial charge in [0, 0.05) is 28.8 Å². The third kappa shape index (κ3) is 2.07. The lowest BCUT2D eigenvalue weighted by atomic mass is 9.61. The fourth-order valence-electron chi connectivity index (χ4n) is 5.00. The van der Waals surface area contributed by atoms with E-state index in [1.165, 1.54) is 22.3 Å². The van der Waals surface area contributed by atoms with Crippen LogP contribution in [0.15, 0.2) is 91.0 Å². The summed E-state index contributed by atoms with van der Waals surface area (Å²) in [5.41, 5.74) is 9.11. The van der Waals surface area contributed by atoms with E-state index in [9.17, 15) is 0 Å². The predicted molar refractivity (Wildman–Crippen MR) is 118 cm³/mol. The maximum atomic E-state index is 5.53. The monoisotopic (exact) mass is 376 g/mol. The molecule has 3 heteroatoms. The summed E-state index contributed by atoms with van der Waals surface area (Å²) in [6, 6.07) is 32.2. The van der Waals surface area contributed by atoms with Crippen molar-refractivity contribution >= 4 is 22.7 Å². The molecular formula is C26H20N2O. The number of methoxy groups -OCH3 is 1. The lowest BCUT2D eigenvalue weighted by Crippen LogP contribution is -2.38. The highest BCUT2D eigenvalue weighted by Gasteiger charge is 2.48. The number of hydrogen-bond acceptors (Lipinski definition) is 3. The molecule has 0 aromatic heterocycles. The third-order valence-electron chi connectivity index (χ3n) is 6.16. The first-order valence-electron chi connectivity index (χ1n) is 9.83. The first-order chi connectivity index (χ1) is 14.3. The van der Waals surface area contributed by atoms with Gasteiger partial charge in [0.15, 0.2) is 0 Å². The lowest BCUT2D eigenvalue weighted by Gasteiger charge is -2.46. The van der Waals surface area contributed by atoms with Crippen molar-refractivity contribution in [2.45, 2.75) is 5.41 Å². The molecule has 0 bridgehead atoms. The van der Waals surface area contributed by atoms with Crippen LogP contribution in [0.1, 0.15) is 22.3 Å². The SMILES string of the molecule is COc1ccc2c(c1)Nc1ccccc1C21c2ccccc2Nc2ccccc21. The molecule has 4 aromatic carbocycles. The fraction of sp³-hybridized carbons (Fsp3) is 0.0769. The number of nitrogens with one attached hydrogen (secondary N) is 2. The Bertz CT molecular complexity index is 1200. The molecule has 29 heavy (non-hydrogen) atoms. The van der Waals surface area contributed by atoms with Crippen LogP contribution in [0.3, 0.4) is 0 Å². The van der Waals surface area contributed by atoms with Gasteiger partial charge < -0.3 is 15.4 Å². The maximum absolute atomic E-state index is 5.53. The summed E-state index contributed by atoms with van der Waals surface area (Å²) < 4.78 is 5.53. The van der Waals surface area contributed by atoms with Gasteiger partial charge in [0.1, 0.15) is 5.75 Å². The van der Waals surface area contributed by atoms with E-state index < -0.39 is 5.41 Å². The zero-order valence-corrected chi connectivity index (χ0v) is 16.1. The van der Waals surface area contributed by atoms with E-state index >= 15 is 0 Å². The smallest absolute Gasteiger partial charge is 0.120 e. The standard InChI is InChI=1S/C26H20N2O/c1-29-17-14-15-21-25(16-17)28-24-13-7-4-10-20(24)26(21)18-8-2-5-11-22(18)27-23-12-6-3-9-19(23)26/h2-16,27-28H,1H3. The van der Waals surface area contributed by atoms with E-state index in [1.807, 2.05) is 0 Å². The van der Waals surface area contributed by atoms with Crippen LogP contribution >= 0.6 is 0 Å². The minimum Gasteiger partial charge on any atom is -0.497 e. The number of para-hydroxylation sites is 3. The van der Waals surface area contributed by atoms with Crippen LogP contribution in [0.4, 0.5) is 22.7 Å². The summed E-state index contributed by atoms with van der Waals surface area (Å²) in [5.74, 6) is 0.848. The van der Waals surface area contributed by atoms with E-state index in [0.29, 0.717) is 0 Å². The molecule has 1 spiro atoms. The topological polar surface area (TPSA) is 33.3 Å². The summed E-state index contributed by atoms with van der Waals surface area (Å²) >= 11 is 0. The Kier molecular flexibility index (Phi) is 3.30. The maximum Gasteiger partial charge on any atom is 0.120 e. The lowest BCUT2D eigenvalue weighted by molar-refractivity contribution is 0.414. The van der Waals surface area contributed by atoms with Crippen molar-refractivity contribution in [1.82, 2.24) is 0 Å². The molecule has 0 saturated heterocycles. The highest BCUT2D eigenvalue weighted by molar-refractivity contribution is 5.89. The Morgan fingerprint density at radius 1 is 0.552 bits per heavy atom. The van der Waals surface area contributed by atoms with E-state index in [-0.39, 0.29) is 0 Å². The van der Waals surface area contributed by atoms with Gasteiger partial charge in [-0.15, -0.1) is 0 Å². The van der Waals surface area contributed by atoms with Crippen molar-refractivity contribution in [1.29, 1.82) is 0 Å². The zero-order chi connectivity index (χ0) is 19.4. The average molecular weight is 376 g/mol. The van der Waals surface area contributed by atoms with Crippen LogP contribution in [-0.4, -0.2) is 7.11 Å². The van der Waals surface area contributed by atoms with E-state index in [0.717, 1.165) is 28.5 Å². The van der Waals surface area contributed by atoms with Gasteiger partial charge in [0.25, 0.3) is 0 Å². The minimum absolute atomic E-state index is 0.401. The Balaban J connectivity index is 1.81. The molecule has 6 rings (SSSR count). The van der Waals surface area contributed by atoms with Crippen LogP contribution in [0.5, 0.6) is 5.75 Å². The van der Waals surface area contributed by atoms with Gasteiger partial charge >= 0.3 is 0 Å². The van der Waals surface area contributed by atoms with Crippen LogP contribution in [0.2, 0.25) is 0 Å². The minimum atomic E-state index is -0.401. The number of rotatable bonds is 1. The Morgan fingerprint density at radius 3 is 1.52 bits per heavy atom. The van der Waals surface area contributed by atoms with Crippen molar-refractivity contribution in [3.05, 3.63) is 113 Å². The fourth-order valence-corrected chi connectivity index (χ4v) is 5.00. The van der Waals surface area contributed by atoms with Crippen molar-refractivity contribution in [3.8, 4) is 5.75 Å². The van der Waals surface area contributed by atoms with Gasteiger partial charge in [-0.05, 0) is 46.5 Å². The normalized spacial score (nSPS) is 14.5. The highest BCUT2D eigenvalue weighted by Crippen LogP contribution is 2.59. The molecule has 0 radical (unpaired) electrons.